The van der Waals surface area contributed by atoms with Gasteiger partial charge in [0.05, 0.1) is 4.90 Å². The van der Waals surface area contributed by atoms with E-state index in [2.05, 4.69) is 0 Å². The van der Waals surface area contributed by atoms with Crippen LogP contribution >= 0.6 is 0 Å². The van der Waals surface area contributed by atoms with Gasteiger partial charge in [-0.2, -0.15) is 13.2 Å². The maximum Gasteiger partial charge on any atom is 0.402 e. The van der Waals surface area contributed by atoms with Crippen molar-refractivity contribution in [2.75, 3.05) is 12.3 Å². The third-order valence-electron chi connectivity index (χ3n) is 2.69. The number of aryl methyl sites for hydroxylation is 2. The fourth-order valence-electron chi connectivity index (χ4n) is 1.84. The van der Waals surface area contributed by atoms with Crippen LogP contribution in [0.2, 0.25) is 0 Å². The Bertz CT molecular complexity index is 595. The number of hydrogen-bond acceptors (Lipinski definition) is 3. The zero-order chi connectivity index (χ0) is 15.0. The molecule has 1 aromatic rings. The molecule has 0 saturated heterocycles. The highest BCUT2D eigenvalue weighted by molar-refractivity contribution is 7.89. The predicted molar refractivity (Wildman–Crippen MR) is 66.3 cm³/mol. The first-order valence-electron chi connectivity index (χ1n) is 5.38. The number of hydrogen-bond donors (Lipinski definition) is 2. The minimum Gasteiger partial charge on any atom is -0.398 e. The number of nitrogens with one attached hydrogen (secondary N) is 1. The van der Waals surface area contributed by atoms with Crippen LogP contribution in [-0.4, -0.2) is 21.1 Å². The molecule has 0 aliphatic rings. The molecule has 0 aliphatic carbocycles. The van der Waals surface area contributed by atoms with Gasteiger partial charge in [0.15, 0.2) is 0 Å². The van der Waals surface area contributed by atoms with Crippen molar-refractivity contribution in [3.8, 4) is 0 Å². The van der Waals surface area contributed by atoms with Gasteiger partial charge in [0.25, 0.3) is 0 Å². The summed E-state index contributed by atoms with van der Waals surface area (Å²) in [6.45, 7) is 3.08. The molecule has 0 spiro atoms. The number of halogens is 3. The molecule has 4 nitrogen and oxygen atoms in total. The monoisotopic (exact) mass is 296 g/mol. The van der Waals surface area contributed by atoms with E-state index in [0.717, 1.165) is 0 Å². The van der Waals surface area contributed by atoms with E-state index < -0.39 is 22.7 Å². The van der Waals surface area contributed by atoms with Gasteiger partial charge in [-0.25, -0.2) is 13.1 Å². The van der Waals surface area contributed by atoms with Crippen molar-refractivity contribution in [2.24, 2.45) is 0 Å². The smallest absolute Gasteiger partial charge is 0.398 e. The number of sulfonamides is 1. The summed E-state index contributed by atoms with van der Waals surface area (Å²) in [4.78, 5) is -0.195. The van der Waals surface area contributed by atoms with Crippen molar-refractivity contribution in [1.82, 2.24) is 4.72 Å². The summed E-state index contributed by atoms with van der Waals surface area (Å²) in [5, 5.41) is 0. The standard InChI is InChI=1S/C11H15F3N2O2S/c1-6-4-7(2)10(8(3)9(6)15)19(17,18)16-5-11(12,13)14/h4,16H,5,15H2,1-3H3. The molecule has 0 bridgehead atoms. The number of anilines is 1. The zero-order valence-corrected chi connectivity index (χ0v) is 11.5. The predicted octanol–water partition coefficient (Wildman–Crippen LogP) is 2.03. The SMILES string of the molecule is Cc1cc(C)c(S(=O)(=O)NCC(F)(F)F)c(C)c1N. The molecule has 1 aromatic carbocycles. The van der Waals surface area contributed by atoms with Gasteiger partial charge in [-0.05, 0) is 37.5 Å². The zero-order valence-electron chi connectivity index (χ0n) is 10.7. The molecule has 1 rings (SSSR count). The number of benzene rings is 1. The van der Waals surface area contributed by atoms with Gasteiger partial charge in [0, 0.05) is 5.69 Å². The van der Waals surface area contributed by atoms with E-state index in [1.807, 2.05) is 0 Å². The van der Waals surface area contributed by atoms with Gasteiger partial charge in [-0.3, -0.25) is 0 Å². The van der Waals surface area contributed by atoms with E-state index in [1.165, 1.54) is 24.6 Å². The minimum atomic E-state index is -4.61. The molecule has 0 amide bonds. The molecule has 19 heavy (non-hydrogen) atoms. The highest BCUT2D eigenvalue weighted by Crippen LogP contribution is 2.28. The fraction of sp³-hybridized carbons (Fsp3) is 0.455. The van der Waals surface area contributed by atoms with Crippen LogP contribution in [0.5, 0.6) is 0 Å². The lowest BCUT2D eigenvalue weighted by molar-refractivity contribution is -0.121. The van der Waals surface area contributed by atoms with E-state index in [1.54, 1.807) is 6.92 Å². The number of alkyl halides is 3. The second kappa shape index (κ2) is 5.01. The molecule has 0 heterocycles. The van der Waals surface area contributed by atoms with E-state index in [9.17, 15) is 21.6 Å². The maximum absolute atomic E-state index is 12.1. The molecule has 0 aliphatic heterocycles. The Hall–Kier alpha value is -1.28. The average Bonchev–Trinajstić information content (AvgIpc) is 2.22. The lowest BCUT2D eigenvalue weighted by Crippen LogP contribution is -2.34. The van der Waals surface area contributed by atoms with Crippen molar-refractivity contribution in [1.29, 1.82) is 0 Å². The summed E-state index contributed by atoms with van der Waals surface area (Å²) in [5.74, 6) is 0. The topological polar surface area (TPSA) is 72.2 Å². The highest BCUT2D eigenvalue weighted by Gasteiger charge is 2.31. The van der Waals surface area contributed by atoms with Crippen LogP contribution in [0.15, 0.2) is 11.0 Å². The van der Waals surface area contributed by atoms with Gasteiger partial charge >= 0.3 is 6.18 Å². The summed E-state index contributed by atoms with van der Waals surface area (Å²) in [7, 11) is -4.24. The summed E-state index contributed by atoms with van der Waals surface area (Å²) in [6, 6.07) is 1.53. The summed E-state index contributed by atoms with van der Waals surface area (Å²) in [5.41, 5.74) is 7.28. The molecule has 0 aromatic heterocycles. The van der Waals surface area contributed by atoms with Gasteiger partial charge in [-0.1, -0.05) is 6.07 Å². The molecule has 3 N–H and O–H groups in total. The van der Waals surface area contributed by atoms with E-state index in [4.69, 9.17) is 5.73 Å². The first-order chi connectivity index (χ1) is 8.46. The quantitative estimate of drug-likeness (QED) is 0.838. The summed E-state index contributed by atoms with van der Waals surface area (Å²) >= 11 is 0. The summed E-state index contributed by atoms with van der Waals surface area (Å²) in [6.07, 6.45) is -4.61. The van der Waals surface area contributed by atoms with E-state index in [0.29, 0.717) is 11.1 Å². The Morgan fingerprint density at radius 1 is 1.21 bits per heavy atom. The van der Waals surface area contributed by atoms with Gasteiger partial charge in [0.2, 0.25) is 10.0 Å². The number of nitrogens with two attached hydrogens (primary N) is 1. The third kappa shape index (κ3) is 3.60. The second-order valence-electron chi connectivity index (χ2n) is 4.32. The third-order valence-corrected chi connectivity index (χ3v) is 4.38. The summed E-state index contributed by atoms with van der Waals surface area (Å²) < 4.78 is 61.7. The normalized spacial score (nSPS) is 12.7. The second-order valence-corrected chi connectivity index (χ2v) is 6.02. The van der Waals surface area contributed by atoms with Crippen molar-refractivity contribution < 1.29 is 21.6 Å². The lowest BCUT2D eigenvalue weighted by atomic mass is 10.1. The largest absolute Gasteiger partial charge is 0.402 e. The maximum atomic E-state index is 12.1. The minimum absolute atomic E-state index is 0.195. The Labute approximate surface area is 109 Å². The molecule has 0 unspecified atom stereocenters. The van der Waals surface area contributed by atoms with Gasteiger partial charge < -0.3 is 5.73 Å². The van der Waals surface area contributed by atoms with Crippen molar-refractivity contribution in [3.05, 3.63) is 22.8 Å². The highest BCUT2D eigenvalue weighted by atomic mass is 32.2. The van der Waals surface area contributed by atoms with E-state index >= 15 is 0 Å². The molecule has 108 valence electrons. The molecule has 0 atom stereocenters. The van der Waals surface area contributed by atoms with Crippen molar-refractivity contribution in [2.45, 2.75) is 31.8 Å². The molecule has 0 fully saturated rings. The molecular formula is C11H15F3N2O2S. The van der Waals surface area contributed by atoms with Crippen LogP contribution in [0, 0.1) is 20.8 Å². The lowest BCUT2D eigenvalue weighted by Gasteiger charge is -2.16. The fourth-order valence-corrected chi connectivity index (χ4v) is 3.34. The van der Waals surface area contributed by atoms with Crippen LogP contribution in [0.25, 0.3) is 0 Å². The first kappa shape index (κ1) is 15.8. The Morgan fingerprint density at radius 3 is 2.21 bits per heavy atom. The molecule has 0 saturated carbocycles. The number of nitrogen functional groups attached to an aromatic ring is 1. The van der Waals surface area contributed by atoms with Crippen LogP contribution in [0.4, 0.5) is 18.9 Å². The van der Waals surface area contributed by atoms with Crippen molar-refractivity contribution in [3.63, 3.8) is 0 Å². The van der Waals surface area contributed by atoms with Gasteiger partial charge in [-0.15, -0.1) is 0 Å². The van der Waals surface area contributed by atoms with Crippen LogP contribution in [0.1, 0.15) is 16.7 Å². The van der Waals surface area contributed by atoms with E-state index in [-0.39, 0.29) is 16.1 Å². The first-order valence-corrected chi connectivity index (χ1v) is 6.86. The Kier molecular flexibility index (Phi) is 4.16. The van der Waals surface area contributed by atoms with Crippen molar-refractivity contribution >= 4 is 15.7 Å². The molecule has 8 heteroatoms. The number of rotatable bonds is 3. The van der Waals surface area contributed by atoms with Crippen LogP contribution in [-0.2, 0) is 10.0 Å². The van der Waals surface area contributed by atoms with Crippen LogP contribution < -0.4 is 10.5 Å². The average molecular weight is 296 g/mol. The van der Waals surface area contributed by atoms with Gasteiger partial charge in [0.1, 0.15) is 6.54 Å². The molecular weight excluding hydrogens is 281 g/mol. The Balaban J connectivity index is 3.27. The van der Waals surface area contributed by atoms with Crippen LogP contribution in [0.3, 0.4) is 0 Å². The Morgan fingerprint density at radius 2 is 1.74 bits per heavy atom. The molecule has 0 radical (unpaired) electrons.